The summed E-state index contributed by atoms with van der Waals surface area (Å²) in [5, 5.41) is 2.98. The number of carbonyl (C=O) groups is 3. The molecule has 1 atom stereocenters. The molecule has 0 saturated carbocycles. The standard InChI is InChI=1S/C24H35N3O3/c1-24(2,3)23(30)27-14-7-10-20(17-27)22(29)25-13-6-11-21(28)26-15-12-18-8-4-5-9-19(18)16-26/h4-5,8-9,20H,6-7,10-17H2,1-3H3,(H,25,29). The van der Waals surface area contributed by atoms with Gasteiger partial charge in [0.15, 0.2) is 0 Å². The highest BCUT2D eigenvalue weighted by Crippen LogP contribution is 2.24. The number of nitrogens with zero attached hydrogens (tertiary/aromatic N) is 2. The van der Waals surface area contributed by atoms with Crippen molar-refractivity contribution >= 4 is 17.7 Å². The van der Waals surface area contributed by atoms with Crippen molar-refractivity contribution in [3.8, 4) is 0 Å². The van der Waals surface area contributed by atoms with Crippen molar-refractivity contribution in [1.82, 2.24) is 15.1 Å². The Morgan fingerprint density at radius 3 is 2.53 bits per heavy atom. The van der Waals surface area contributed by atoms with Gasteiger partial charge in [-0.2, -0.15) is 0 Å². The Balaban J connectivity index is 1.38. The number of nitrogens with one attached hydrogen (secondary N) is 1. The number of rotatable bonds is 5. The van der Waals surface area contributed by atoms with Gasteiger partial charge in [0.05, 0.1) is 5.92 Å². The van der Waals surface area contributed by atoms with Crippen molar-refractivity contribution in [2.45, 2.75) is 59.4 Å². The molecular formula is C24H35N3O3. The van der Waals surface area contributed by atoms with E-state index in [0.29, 0.717) is 32.5 Å². The van der Waals surface area contributed by atoms with Gasteiger partial charge in [-0.25, -0.2) is 0 Å². The van der Waals surface area contributed by atoms with Crippen molar-refractivity contribution in [2.24, 2.45) is 11.3 Å². The molecule has 2 aliphatic rings. The maximum absolute atomic E-state index is 12.6. The van der Waals surface area contributed by atoms with Gasteiger partial charge in [-0.1, -0.05) is 45.0 Å². The first-order valence-electron chi connectivity index (χ1n) is 11.2. The third kappa shape index (κ3) is 5.61. The molecule has 2 aliphatic heterocycles. The number of hydrogen-bond acceptors (Lipinski definition) is 3. The number of likely N-dealkylation sites (tertiary alicyclic amines) is 1. The van der Waals surface area contributed by atoms with E-state index in [2.05, 4.69) is 17.4 Å². The molecule has 6 heteroatoms. The van der Waals surface area contributed by atoms with Gasteiger partial charge in [0.1, 0.15) is 0 Å². The van der Waals surface area contributed by atoms with Crippen molar-refractivity contribution < 1.29 is 14.4 Å². The topological polar surface area (TPSA) is 69.7 Å². The van der Waals surface area contributed by atoms with Gasteiger partial charge in [0.25, 0.3) is 0 Å². The van der Waals surface area contributed by atoms with Crippen LogP contribution < -0.4 is 5.32 Å². The molecule has 3 amide bonds. The molecule has 1 aromatic rings. The molecule has 6 nitrogen and oxygen atoms in total. The Kier molecular flexibility index (Phi) is 7.16. The van der Waals surface area contributed by atoms with Crippen LogP contribution in [-0.2, 0) is 27.3 Å². The van der Waals surface area contributed by atoms with E-state index in [1.54, 1.807) is 0 Å². The number of amides is 3. The fraction of sp³-hybridized carbons (Fsp3) is 0.625. The number of hydrogen-bond donors (Lipinski definition) is 1. The fourth-order valence-electron chi connectivity index (χ4n) is 4.31. The first-order valence-corrected chi connectivity index (χ1v) is 11.2. The second kappa shape index (κ2) is 9.63. The van der Waals surface area contributed by atoms with Crippen molar-refractivity contribution in [3.05, 3.63) is 35.4 Å². The zero-order chi connectivity index (χ0) is 21.7. The minimum absolute atomic E-state index is 0.000702. The molecule has 1 fully saturated rings. The molecule has 2 heterocycles. The predicted molar refractivity (Wildman–Crippen MR) is 117 cm³/mol. The molecular weight excluding hydrogens is 378 g/mol. The van der Waals surface area contributed by atoms with Gasteiger partial charge in [-0.3, -0.25) is 14.4 Å². The second-order valence-electron chi connectivity index (χ2n) is 9.57. The molecule has 1 saturated heterocycles. The van der Waals surface area contributed by atoms with Gasteiger partial charge in [0, 0.05) is 44.6 Å². The summed E-state index contributed by atoms with van der Waals surface area (Å²) in [6.07, 6.45) is 3.66. The quantitative estimate of drug-likeness (QED) is 0.755. The smallest absolute Gasteiger partial charge is 0.227 e. The Morgan fingerprint density at radius 2 is 1.80 bits per heavy atom. The van der Waals surface area contributed by atoms with E-state index in [4.69, 9.17) is 0 Å². The zero-order valence-corrected chi connectivity index (χ0v) is 18.6. The molecule has 1 aromatic carbocycles. The molecule has 164 valence electrons. The Labute approximate surface area is 180 Å². The molecule has 30 heavy (non-hydrogen) atoms. The highest BCUT2D eigenvalue weighted by molar-refractivity contribution is 5.84. The van der Waals surface area contributed by atoms with Crippen LogP contribution in [-0.4, -0.2) is 53.7 Å². The Morgan fingerprint density at radius 1 is 1.07 bits per heavy atom. The third-order valence-electron chi connectivity index (χ3n) is 6.07. The van der Waals surface area contributed by atoms with E-state index in [0.717, 1.165) is 32.4 Å². The van der Waals surface area contributed by atoms with Crippen LogP contribution in [0.2, 0.25) is 0 Å². The predicted octanol–water partition coefficient (Wildman–Crippen LogP) is 2.75. The van der Waals surface area contributed by atoms with Crippen LogP contribution in [0.25, 0.3) is 0 Å². The number of benzene rings is 1. The minimum Gasteiger partial charge on any atom is -0.356 e. The normalized spacial score (nSPS) is 19.2. The van der Waals surface area contributed by atoms with E-state index in [9.17, 15) is 14.4 Å². The second-order valence-corrected chi connectivity index (χ2v) is 9.57. The molecule has 0 aromatic heterocycles. The van der Waals surface area contributed by atoms with Crippen molar-refractivity contribution in [3.63, 3.8) is 0 Å². The summed E-state index contributed by atoms with van der Waals surface area (Å²) in [6, 6.07) is 8.29. The summed E-state index contributed by atoms with van der Waals surface area (Å²) in [7, 11) is 0. The lowest BCUT2D eigenvalue weighted by molar-refractivity contribution is -0.143. The zero-order valence-electron chi connectivity index (χ0n) is 18.6. The summed E-state index contributed by atoms with van der Waals surface area (Å²) in [5.41, 5.74) is 2.14. The van der Waals surface area contributed by atoms with E-state index >= 15 is 0 Å². The van der Waals surface area contributed by atoms with Crippen LogP contribution in [0.5, 0.6) is 0 Å². The maximum Gasteiger partial charge on any atom is 0.227 e. The van der Waals surface area contributed by atoms with Crippen LogP contribution in [0.4, 0.5) is 0 Å². The fourth-order valence-corrected chi connectivity index (χ4v) is 4.31. The average molecular weight is 414 g/mol. The van der Waals surface area contributed by atoms with Crippen LogP contribution >= 0.6 is 0 Å². The first-order chi connectivity index (χ1) is 14.3. The monoisotopic (exact) mass is 413 g/mol. The Bertz CT molecular complexity index is 784. The molecule has 3 rings (SSSR count). The lowest BCUT2D eigenvalue weighted by Gasteiger charge is -2.35. The molecule has 0 spiro atoms. The van der Waals surface area contributed by atoms with Gasteiger partial charge in [-0.15, -0.1) is 0 Å². The molecule has 1 N–H and O–H groups in total. The largest absolute Gasteiger partial charge is 0.356 e. The number of carbonyl (C=O) groups excluding carboxylic acids is 3. The van der Waals surface area contributed by atoms with Gasteiger partial charge < -0.3 is 15.1 Å². The maximum atomic E-state index is 12.6. The summed E-state index contributed by atoms with van der Waals surface area (Å²) in [5.74, 6) is 0.104. The van der Waals surface area contributed by atoms with E-state index in [1.807, 2.05) is 42.7 Å². The third-order valence-corrected chi connectivity index (χ3v) is 6.07. The molecule has 0 aliphatic carbocycles. The number of piperidine rings is 1. The van der Waals surface area contributed by atoms with Gasteiger partial charge in [-0.05, 0) is 36.8 Å². The first kappa shape index (κ1) is 22.3. The summed E-state index contributed by atoms with van der Waals surface area (Å²) in [4.78, 5) is 41.3. The lowest BCUT2D eigenvalue weighted by Crippen LogP contribution is -2.48. The van der Waals surface area contributed by atoms with Crippen LogP contribution in [0.1, 0.15) is 57.6 Å². The average Bonchev–Trinajstić information content (AvgIpc) is 2.75. The minimum atomic E-state index is -0.423. The van der Waals surface area contributed by atoms with E-state index in [-0.39, 0.29) is 23.6 Å². The Hall–Kier alpha value is -2.37. The van der Waals surface area contributed by atoms with E-state index in [1.165, 1.54) is 11.1 Å². The highest BCUT2D eigenvalue weighted by Gasteiger charge is 2.33. The lowest BCUT2D eigenvalue weighted by atomic mass is 9.91. The molecule has 0 radical (unpaired) electrons. The summed E-state index contributed by atoms with van der Waals surface area (Å²) in [6.45, 7) is 8.91. The van der Waals surface area contributed by atoms with Crippen LogP contribution in [0.15, 0.2) is 24.3 Å². The highest BCUT2D eigenvalue weighted by atomic mass is 16.2. The van der Waals surface area contributed by atoms with Crippen molar-refractivity contribution in [2.75, 3.05) is 26.2 Å². The SMILES string of the molecule is CC(C)(C)C(=O)N1CCCC(C(=O)NCCCC(=O)N2CCc3ccccc3C2)C1. The van der Waals surface area contributed by atoms with Crippen LogP contribution in [0.3, 0.4) is 0 Å². The molecule has 1 unspecified atom stereocenters. The van der Waals surface area contributed by atoms with E-state index < -0.39 is 5.41 Å². The van der Waals surface area contributed by atoms with Gasteiger partial charge >= 0.3 is 0 Å². The van der Waals surface area contributed by atoms with Gasteiger partial charge in [0.2, 0.25) is 17.7 Å². The van der Waals surface area contributed by atoms with Crippen LogP contribution in [0, 0.1) is 11.3 Å². The molecule has 0 bridgehead atoms. The summed E-state index contributed by atoms with van der Waals surface area (Å²) >= 11 is 0. The summed E-state index contributed by atoms with van der Waals surface area (Å²) < 4.78 is 0. The van der Waals surface area contributed by atoms with Crippen molar-refractivity contribution in [1.29, 1.82) is 0 Å². The number of fused-ring (bicyclic) bond motifs is 1.